The number of aromatic nitrogens is 4. The number of benzene rings is 2. The van der Waals surface area contributed by atoms with Gasteiger partial charge in [-0.15, -0.1) is 0 Å². The van der Waals surface area contributed by atoms with Crippen LogP contribution in [-0.4, -0.2) is 32.5 Å². The number of anilines is 5. The number of carbonyl (C=O) groups is 1. The Balaban J connectivity index is 1.53. The summed E-state index contributed by atoms with van der Waals surface area (Å²) in [6, 6.07) is 11.7. The zero-order chi connectivity index (χ0) is 26.2. The van der Waals surface area contributed by atoms with Crippen LogP contribution in [0.2, 0.25) is 5.02 Å². The minimum atomic E-state index is -0.209. The lowest BCUT2D eigenvalue weighted by atomic mass is 9.80. The second-order valence-corrected chi connectivity index (χ2v) is 9.95. The molecule has 37 heavy (non-hydrogen) atoms. The number of halogens is 1. The van der Waals surface area contributed by atoms with E-state index in [-0.39, 0.29) is 11.3 Å². The largest absolute Gasteiger partial charge is 0.494 e. The number of rotatable bonds is 6. The highest BCUT2D eigenvalue weighted by Crippen LogP contribution is 2.45. The first kappa shape index (κ1) is 24.6. The molecule has 1 amide bonds. The van der Waals surface area contributed by atoms with Gasteiger partial charge in [0.05, 0.1) is 24.7 Å². The van der Waals surface area contributed by atoms with E-state index in [9.17, 15) is 4.79 Å². The van der Waals surface area contributed by atoms with Crippen LogP contribution >= 0.6 is 11.6 Å². The molecule has 0 saturated carbocycles. The van der Waals surface area contributed by atoms with Crippen LogP contribution in [0.15, 0.2) is 55.0 Å². The number of amides is 1. The summed E-state index contributed by atoms with van der Waals surface area (Å²) in [4.78, 5) is 26.1. The summed E-state index contributed by atoms with van der Waals surface area (Å²) in [5, 5.41) is 9.99. The van der Waals surface area contributed by atoms with Crippen molar-refractivity contribution in [1.29, 1.82) is 0 Å². The maximum absolute atomic E-state index is 12.5. The van der Waals surface area contributed by atoms with Crippen molar-refractivity contribution in [3.05, 3.63) is 65.6 Å². The second-order valence-electron chi connectivity index (χ2n) is 9.54. The lowest BCUT2D eigenvalue weighted by molar-refractivity contribution is -0.116. The van der Waals surface area contributed by atoms with Crippen molar-refractivity contribution >= 4 is 46.3 Å². The number of imidazole rings is 1. The molecule has 0 saturated heterocycles. The standard InChI is InChI=1S/C27H28ClN7O2/c1-27(2)12-11-21(36)32-22-17(27)9-10-20(37-4)23(22)33-26-30-15-18(28)24(34-26)31-19-8-6-5-7-16(19)25-29-13-14-35(25)3/h5-10,13-15H,11-12H2,1-4H3,(H,32,36)(H2,30,31,33,34). The first-order chi connectivity index (χ1) is 17.8. The molecule has 0 bridgehead atoms. The van der Waals surface area contributed by atoms with Crippen LogP contribution in [0.4, 0.5) is 28.8 Å². The highest BCUT2D eigenvalue weighted by Gasteiger charge is 2.31. The zero-order valence-corrected chi connectivity index (χ0v) is 21.8. The molecule has 0 fully saturated rings. The average molecular weight is 518 g/mol. The SMILES string of the molecule is COc1ccc2c(c1Nc1ncc(Cl)c(Nc3ccccc3-c3nccn3C)n1)NC(=O)CCC2(C)C. The summed E-state index contributed by atoms with van der Waals surface area (Å²) in [5.74, 6) is 2.04. The number of aryl methyl sites for hydroxylation is 1. The Kier molecular flexibility index (Phi) is 6.47. The number of hydrogen-bond acceptors (Lipinski definition) is 7. The van der Waals surface area contributed by atoms with E-state index in [0.717, 1.165) is 29.1 Å². The van der Waals surface area contributed by atoms with Gasteiger partial charge in [-0.3, -0.25) is 4.79 Å². The van der Waals surface area contributed by atoms with Gasteiger partial charge in [0.25, 0.3) is 0 Å². The van der Waals surface area contributed by atoms with Crippen molar-refractivity contribution in [2.45, 2.75) is 32.1 Å². The second kappa shape index (κ2) is 9.74. The third kappa shape index (κ3) is 4.82. The van der Waals surface area contributed by atoms with E-state index >= 15 is 0 Å². The van der Waals surface area contributed by atoms with Crippen molar-refractivity contribution in [2.75, 3.05) is 23.1 Å². The number of nitrogens with one attached hydrogen (secondary N) is 3. The van der Waals surface area contributed by atoms with Crippen LogP contribution < -0.4 is 20.7 Å². The van der Waals surface area contributed by atoms with Crippen LogP contribution in [0.3, 0.4) is 0 Å². The Labute approximate surface area is 220 Å². The van der Waals surface area contributed by atoms with Crippen molar-refractivity contribution in [2.24, 2.45) is 7.05 Å². The van der Waals surface area contributed by atoms with E-state index in [4.69, 9.17) is 16.3 Å². The molecule has 5 rings (SSSR count). The van der Waals surface area contributed by atoms with Gasteiger partial charge in [0, 0.05) is 31.4 Å². The third-order valence-corrected chi connectivity index (χ3v) is 6.86. The van der Waals surface area contributed by atoms with E-state index in [2.05, 4.69) is 44.7 Å². The summed E-state index contributed by atoms with van der Waals surface area (Å²) in [6.07, 6.45) is 6.34. The Morgan fingerprint density at radius 2 is 1.95 bits per heavy atom. The van der Waals surface area contributed by atoms with Crippen LogP contribution in [0.1, 0.15) is 32.3 Å². The lowest BCUT2D eigenvalue weighted by Crippen LogP contribution is -2.17. The maximum Gasteiger partial charge on any atom is 0.229 e. The fourth-order valence-electron chi connectivity index (χ4n) is 4.50. The van der Waals surface area contributed by atoms with Crippen LogP contribution in [0, 0.1) is 0 Å². The van der Waals surface area contributed by atoms with E-state index in [1.807, 2.05) is 54.2 Å². The van der Waals surface area contributed by atoms with Gasteiger partial charge >= 0.3 is 0 Å². The summed E-state index contributed by atoms with van der Waals surface area (Å²) in [7, 11) is 3.52. The van der Waals surface area contributed by atoms with Gasteiger partial charge in [0.1, 0.15) is 22.3 Å². The lowest BCUT2D eigenvalue weighted by Gasteiger charge is -2.26. The number of nitrogens with zero attached hydrogens (tertiary/aromatic N) is 4. The molecule has 1 aliphatic rings. The molecule has 3 N–H and O–H groups in total. The van der Waals surface area contributed by atoms with Crippen LogP contribution in [0.5, 0.6) is 5.75 Å². The summed E-state index contributed by atoms with van der Waals surface area (Å²) in [5.41, 5.74) is 3.75. The van der Waals surface area contributed by atoms with E-state index < -0.39 is 0 Å². The van der Waals surface area contributed by atoms with Crippen molar-refractivity contribution in [1.82, 2.24) is 19.5 Å². The minimum absolute atomic E-state index is 0.0478. The molecule has 0 aliphatic carbocycles. The fraction of sp³-hybridized carbons (Fsp3) is 0.259. The Bertz CT molecular complexity index is 1480. The number of para-hydroxylation sites is 1. The molecule has 4 aromatic rings. The highest BCUT2D eigenvalue weighted by molar-refractivity contribution is 6.33. The third-order valence-electron chi connectivity index (χ3n) is 6.58. The quantitative estimate of drug-likeness (QED) is 0.286. The molecule has 3 heterocycles. The van der Waals surface area contributed by atoms with E-state index in [1.165, 1.54) is 6.20 Å². The van der Waals surface area contributed by atoms with E-state index in [0.29, 0.717) is 40.3 Å². The Morgan fingerprint density at radius 1 is 1.14 bits per heavy atom. The van der Waals surface area contributed by atoms with Gasteiger partial charge in [-0.1, -0.05) is 43.6 Å². The first-order valence-corrected chi connectivity index (χ1v) is 12.3. The van der Waals surface area contributed by atoms with E-state index in [1.54, 1.807) is 13.3 Å². The molecule has 10 heteroatoms. The van der Waals surface area contributed by atoms with Crippen molar-refractivity contribution in [3.63, 3.8) is 0 Å². The molecule has 0 radical (unpaired) electrons. The Hall–Kier alpha value is -4.11. The summed E-state index contributed by atoms with van der Waals surface area (Å²) in [6.45, 7) is 4.25. The van der Waals surface area contributed by atoms with Crippen molar-refractivity contribution < 1.29 is 9.53 Å². The average Bonchev–Trinajstić information content (AvgIpc) is 3.26. The molecular formula is C27H28ClN7O2. The molecule has 190 valence electrons. The number of fused-ring (bicyclic) bond motifs is 1. The molecule has 1 aliphatic heterocycles. The number of methoxy groups -OCH3 is 1. The minimum Gasteiger partial charge on any atom is -0.494 e. The molecule has 0 atom stereocenters. The predicted octanol–water partition coefficient (Wildman–Crippen LogP) is 6.04. The van der Waals surface area contributed by atoms with Gasteiger partial charge in [-0.25, -0.2) is 9.97 Å². The first-order valence-electron chi connectivity index (χ1n) is 11.9. The zero-order valence-electron chi connectivity index (χ0n) is 21.1. The molecule has 2 aromatic heterocycles. The smallest absolute Gasteiger partial charge is 0.229 e. The topological polar surface area (TPSA) is 106 Å². The van der Waals surface area contributed by atoms with Crippen molar-refractivity contribution in [3.8, 4) is 17.1 Å². The molecule has 9 nitrogen and oxygen atoms in total. The fourth-order valence-corrected chi connectivity index (χ4v) is 4.64. The van der Waals surface area contributed by atoms with Crippen LogP contribution in [0.25, 0.3) is 11.4 Å². The monoisotopic (exact) mass is 517 g/mol. The Morgan fingerprint density at radius 3 is 2.70 bits per heavy atom. The van der Waals surface area contributed by atoms with Gasteiger partial charge < -0.3 is 25.3 Å². The van der Waals surface area contributed by atoms with Crippen LogP contribution in [-0.2, 0) is 17.3 Å². The highest BCUT2D eigenvalue weighted by atomic mass is 35.5. The maximum atomic E-state index is 12.5. The number of ether oxygens (including phenoxy) is 1. The van der Waals surface area contributed by atoms with Gasteiger partial charge in [0.15, 0.2) is 5.82 Å². The molecule has 2 aromatic carbocycles. The van der Waals surface area contributed by atoms with Gasteiger partial charge in [0.2, 0.25) is 11.9 Å². The molecule has 0 spiro atoms. The van der Waals surface area contributed by atoms with Gasteiger partial charge in [-0.2, -0.15) is 4.98 Å². The summed E-state index contributed by atoms with van der Waals surface area (Å²) < 4.78 is 7.57. The normalized spacial score (nSPS) is 14.4. The number of carbonyl (C=O) groups excluding carboxylic acids is 1. The summed E-state index contributed by atoms with van der Waals surface area (Å²) >= 11 is 6.49. The van der Waals surface area contributed by atoms with Gasteiger partial charge in [-0.05, 0) is 35.6 Å². The predicted molar refractivity (Wildman–Crippen MR) is 146 cm³/mol. The molecule has 0 unspecified atom stereocenters. The molecular weight excluding hydrogens is 490 g/mol. The number of hydrogen-bond donors (Lipinski definition) is 3.